The number of carboxylic acids is 1. The lowest BCUT2D eigenvalue weighted by Crippen LogP contribution is -2.37. The van der Waals surface area contributed by atoms with E-state index in [0.29, 0.717) is 23.9 Å². The van der Waals surface area contributed by atoms with Gasteiger partial charge in [0.2, 0.25) is 12.3 Å². The molecule has 100 valence electrons. The molecule has 18 heavy (non-hydrogen) atoms. The molecule has 0 aliphatic carbocycles. The second-order valence-electron chi connectivity index (χ2n) is 3.54. The zero-order valence-corrected chi connectivity index (χ0v) is 10.8. The number of aryl methyl sites for hydroxylation is 1. The Bertz CT molecular complexity index is 396. The summed E-state index contributed by atoms with van der Waals surface area (Å²) in [4.78, 5) is 25.1. The van der Waals surface area contributed by atoms with E-state index < -0.39 is 12.0 Å². The Morgan fingerprint density at radius 2 is 2.44 bits per heavy atom. The van der Waals surface area contributed by atoms with Crippen LogP contribution in [0.4, 0.5) is 0 Å². The van der Waals surface area contributed by atoms with Crippen LogP contribution in [0.3, 0.4) is 0 Å². The number of carbonyl (C=O) groups is 2. The Morgan fingerprint density at radius 1 is 1.67 bits per heavy atom. The number of aromatic nitrogens is 2. The lowest BCUT2D eigenvalue weighted by molar-refractivity contribution is -0.139. The molecule has 1 rings (SSSR count). The molecular weight excluding hydrogens is 258 g/mol. The highest BCUT2D eigenvalue weighted by molar-refractivity contribution is 7.98. The Morgan fingerprint density at radius 3 is 3.06 bits per heavy atom. The molecule has 2 N–H and O–H groups in total. The molecule has 1 atom stereocenters. The molecule has 0 radical (unpaired) electrons. The van der Waals surface area contributed by atoms with Gasteiger partial charge in [-0.2, -0.15) is 16.7 Å². The molecule has 0 spiro atoms. The first-order valence-electron chi connectivity index (χ1n) is 5.49. The van der Waals surface area contributed by atoms with Crippen molar-refractivity contribution in [3.8, 4) is 0 Å². The van der Waals surface area contributed by atoms with Crippen molar-refractivity contribution in [1.82, 2.24) is 15.5 Å². The lowest BCUT2D eigenvalue weighted by atomic mass is 10.3. The van der Waals surface area contributed by atoms with Crippen LogP contribution < -0.4 is 5.32 Å². The molecule has 0 saturated heterocycles. The molecule has 0 aliphatic rings. The van der Waals surface area contributed by atoms with Crippen molar-refractivity contribution in [2.75, 3.05) is 5.75 Å². The zero-order chi connectivity index (χ0) is 13.4. The van der Waals surface area contributed by atoms with Crippen LogP contribution in [0.5, 0.6) is 0 Å². The van der Waals surface area contributed by atoms with Gasteiger partial charge in [0.05, 0.1) is 5.75 Å². The van der Waals surface area contributed by atoms with Crippen LogP contribution in [0.1, 0.15) is 25.1 Å². The van der Waals surface area contributed by atoms with E-state index in [2.05, 4.69) is 15.5 Å². The number of aliphatic carboxylic acids is 1. The van der Waals surface area contributed by atoms with E-state index >= 15 is 0 Å². The third kappa shape index (κ3) is 4.74. The minimum Gasteiger partial charge on any atom is -0.480 e. The van der Waals surface area contributed by atoms with E-state index in [4.69, 9.17) is 9.63 Å². The number of carboxylic acid groups (broad SMARTS) is 1. The lowest BCUT2D eigenvalue weighted by Gasteiger charge is -2.09. The first kappa shape index (κ1) is 14.5. The van der Waals surface area contributed by atoms with Gasteiger partial charge in [-0.15, -0.1) is 0 Å². The molecule has 1 unspecified atom stereocenters. The second-order valence-corrected chi connectivity index (χ2v) is 4.58. The monoisotopic (exact) mass is 273 g/mol. The maximum absolute atomic E-state index is 10.7. The number of carbonyl (C=O) groups excluding carboxylic acids is 1. The quantitative estimate of drug-likeness (QED) is 0.629. The van der Waals surface area contributed by atoms with Gasteiger partial charge in [-0.1, -0.05) is 12.1 Å². The number of nitrogens with one attached hydrogen (secondary N) is 1. The van der Waals surface area contributed by atoms with E-state index in [0.717, 1.165) is 12.8 Å². The summed E-state index contributed by atoms with van der Waals surface area (Å²) in [5.41, 5.74) is 0. The normalized spacial score (nSPS) is 12.1. The Balaban J connectivity index is 2.35. The largest absolute Gasteiger partial charge is 0.480 e. The van der Waals surface area contributed by atoms with E-state index in [1.54, 1.807) is 0 Å². The average Bonchev–Trinajstić information content (AvgIpc) is 2.76. The number of hydrogen-bond donors (Lipinski definition) is 2. The maximum atomic E-state index is 10.7. The number of nitrogens with zero attached hydrogens (tertiary/aromatic N) is 2. The van der Waals surface area contributed by atoms with Gasteiger partial charge in [0.15, 0.2) is 5.82 Å². The van der Waals surface area contributed by atoms with Gasteiger partial charge in [0.1, 0.15) is 6.04 Å². The highest BCUT2D eigenvalue weighted by Crippen LogP contribution is 2.11. The fourth-order valence-electron chi connectivity index (χ4n) is 1.21. The van der Waals surface area contributed by atoms with Crippen molar-refractivity contribution < 1.29 is 19.2 Å². The van der Waals surface area contributed by atoms with E-state index in [1.165, 1.54) is 11.8 Å². The van der Waals surface area contributed by atoms with Crippen molar-refractivity contribution >= 4 is 24.1 Å². The van der Waals surface area contributed by atoms with E-state index in [1.807, 2.05) is 6.92 Å². The minimum atomic E-state index is -1.06. The minimum absolute atomic E-state index is 0.256. The predicted molar refractivity (Wildman–Crippen MR) is 65.1 cm³/mol. The Labute approximate surface area is 108 Å². The van der Waals surface area contributed by atoms with Gasteiger partial charge < -0.3 is 14.9 Å². The number of hydrogen-bond acceptors (Lipinski definition) is 6. The van der Waals surface area contributed by atoms with Gasteiger partial charge in [0.25, 0.3) is 0 Å². The van der Waals surface area contributed by atoms with Gasteiger partial charge in [-0.25, -0.2) is 4.79 Å². The maximum Gasteiger partial charge on any atom is 0.327 e. The van der Waals surface area contributed by atoms with Crippen LogP contribution in [-0.4, -0.2) is 39.4 Å². The molecule has 1 aromatic heterocycles. The van der Waals surface area contributed by atoms with Gasteiger partial charge >= 0.3 is 5.97 Å². The number of thioether (sulfide) groups is 1. The molecular formula is C10H15N3O4S. The molecule has 0 aliphatic heterocycles. The summed E-state index contributed by atoms with van der Waals surface area (Å²) in [5, 5.41) is 14.8. The van der Waals surface area contributed by atoms with Crippen molar-refractivity contribution in [3.63, 3.8) is 0 Å². The van der Waals surface area contributed by atoms with Crippen molar-refractivity contribution in [2.45, 2.75) is 31.6 Å². The predicted octanol–water partition coefficient (Wildman–Crippen LogP) is 0.454. The van der Waals surface area contributed by atoms with Crippen LogP contribution in [0.15, 0.2) is 4.52 Å². The summed E-state index contributed by atoms with van der Waals surface area (Å²) in [6.07, 6.45) is 2.05. The fourth-order valence-corrected chi connectivity index (χ4v) is 2.10. The third-order valence-corrected chi connectivity index (χ3v) is 3.09. The molecule has 7 nitrogen and oxygen atoms in total. The standard InChI is InChI=1S/C10H15N3O4S/c1-2-3-9-12-8(13-17-9)5-18-4-7(10(15)16)11-6-14/h6-7H,2-5H2,1H3,(H,11,14)(H,15,16). The summed E-state index contributed by atoms with van der Waals surface area (Å²) in [7, 11) is 0. The van der Waals surface area contributed by atoms with Crippen molar-refractivity contribution in [3.05, 3.63) is 11.7 Å². The number of amides is 1. The SMILES string of the molecule is CCCc1nc(CSCC(NC=O)C(=O)O)no1. The van der Waals surface area contributed by atoms with E-state index in [-0.39, 0.29) is 5.75 Å². The molecule has 1 aromatic rings. The molecule has 1 heterocycles. The molecule has 0 fully saturated rings. The summed E-state index contributed by atoms with van der Waals surface area (Å²) in [6.45, 7) is 2.02. The van der Waals surface area contributed by atoms with Crippen LogP contribution >= 0.6 is 11.8 Å². The Hall–Kier alpha value is -1.57. The highest BCUT2D eigenvalue weighted by atomic mass is 32.2. The number of rotatable bonds is 9. The van der Waals surface area contributed by atoms with Crippen LogP contribution in [0, 0.1) is 0 Å². The smallest absolute Gasteiger partial charge is 0.327 e. The second kappa shape index (κ2) is 7.70. The molecule has 1 amide bonds. The van der Waals surface area contributed by atoms with Crippen molar-refractivity contribution in [1.29, 1.82) is 0 Å². The van der Waals surface area contributed by atoms with E-state index in [9.17, 15) is 9.59 Å². The molecule has 0 saturated carbocycles. The summed E-state index contributed by atoms with van der Waals surface area (Å²) in [6, 6.07) is -0.894. The van der Waals surface area contributed by atoms with Gasteiger partial charge in [0, 0.05) is 12.2 Å². The molecule has 8 heteroatoms. The topological polar surface area (TPSA) is 105 Å². The third-order valence-electron chi connectivity index (χ3n) is 2.06. The molecule has 0 bridgehead atoms. The molecule has 0 aromatic carbocycles. The Kier molecular flexibility index (Phi) is 6.20. The summed E-state index contributed by atoms with van der Waals surface area (Å²) >= 11 is 1.33. The summed E-state index contributed by atoms with van der Waals surface area (Å²) < 4.78 is 4.99. The first-order chi connectivity index (χ1) is 8.67. The van der Waals surface area contributed by atoms with Crippen molar-refractivity contribution in [2.24, 2.45) is 0 Å². The first-order valence-corrected chi connectivity index (χ1v) is 6.64. The highest BCUT2D eigenvalue weighted by Gasteiger charge is 2.16. The van der Waals surface area contributed by atoms with Crippen LogP contribution in [0.2, 0.25) is 0 Å². The summed E-state index contributed by atoms with van der Waals surface area (Å²) in [5.74, 6) is 0.783. The van der Waals surface area contributed by atoms with Crippen LogP contribution in [0.25, 0.3) is 0 Å². The zero-order valence-electron chi connectivity index (χ0n) is 9.96. The van der Waals surface area contributed by atoms with Gasteiger partial charge in [-0.05, 0) is 6.42 Å². The fraction of sp³-hybridized carbons (Fsp3) is 0.600. The van der Waals surface area contributed by atoms with Gasteiger partial charge in [-0.3, -0.25) is 4.79 Å². The van der Waals surface area contributed by atoms with Crippen LogP contribution in [-0.2, 0) is 21.8 Å². The average molecular weight is 273 g/mol.